The molecule has 37 heavy (non-hydrogen) atoms. The summed E-state index contributed by atoms with van der Waals surface area (Å²) in [6.45, 7) is 7.59. The van der Waals surface area contributed by atoms with Crippen molar-refractivity contribution in [2.45, 2.75) is 51.6 Å². The fourth-order valence-electron chi connectivity index (χ4n) is 4.02. The summed E-state index contributed by atoms with van der Waals surface area (Å²) < 4.78 is 28.6. The van der Waals surface area contributed by atoms with Crippen molar-refractivity contribution in [2.75, 3.05) is 17.4 Å². The highest BCUT2D eigenvalue weighted by atomic mass is 32.2. The van der Waals surface area contributed by atoms with Crippen molar-refractivity contribution in [1.82, 2.24) is 10.2 Å². The summed E-state index contributed by atoms with van der Waals surface area (Å²) in [5.74, 6) is -0.768. The standard InChI is InChI=1S/C29H35N3O4S/c1-5-24-16-18-26(19-17-24)32(37(35,36)27-14-8-7-9-15-27)21-28(33)31(23(4)29(34)30-6-2)20-25-13-11-10-12-22(25)3/h7-19,23H,5-6,20-21H2,1-4H3,(H,30,34). The van der Waals surface area contributed by atoms with Crippen LogP contribution in [-0.4, -0.2) is 44.3 Å². The molecule has 7 nitrogen and oxygen atoms in total. The van der Waals surface area contributed by atoms with Crippen LogP contribution in [-0.2, 0) is 32.6 Å². The zero-order valence-electron chi connectivity index (χ0n) is 21.8. The number of hydrogen-bond acceptors (Lipinski definition) is 4. The summed E-state index contributed by atoms with van der Waals surface area (Å²) >= 11 is 0. The molecule has 1 N–H and O–H groups in total. The number of nitrogens with one attached hydrogen (secondary N) is 1. The zero-order valence-corrected chi connectivity index (χ0v) is 22.7. The van der Waals surface area contributed by atoms with E-state index in [-0.39, 0.29) is 17.3 Å². The zero-order chi connectivity index (χ0) is 27.0. The van der Waals surface area contributed by atoms with Crippen molar-refractivity contribution in [3.8, 4) is 0 Å². The first-order chi connectivity index (χ1) is 17.7. The van der Waals surface area contributed by atoms with Crippen LogP contribution in [0.5, 0.6) is 0 Å². The molecule has 0 saturated carbocycles. The van der Waals surface area contributed by atoms with Crippen molar-refractivity contribution in [3.63, 3.8) is 0 Å². The van der Waals surface area contributed by atoms with Gasteiger partial charge in [-0.3, -0.25) is 13.9 Å². The summed E-state index contributed by atoms with van der Waals surface area (Å²) in [7, 11) is -4.05. The lowest BCUT2D eigenvalue weighted by atomic mass is 10.1. The Morgan fingerprint density at radius 2 is 1.51 bits per heavy atom. The molecule has 0 heterocycles. The van der Waals surface area contributed by atoms with Crippen LogP contribution in [0.25, 0.3) is 0 Å². The van der Waals surface area contributed by atoms with Crippen LogP contribution >= 0.6 is 0 Å². The van der Waals surface area contributed by atoms with E-state index in [1.165, 1.54) is 17.0 Å². The molecule has 196 valence electrons. The maximum Gasteiger partial charge on any atom is 0.264 e. The molecule has 0 saturated heterocycles. The highest BCUT2D eigenvalue weighted by Crippen LogP contribution is 2.25. The first-order valence-electron chi connectivity index (χ1n) is 12.5. The quantitative estimate of drug-likeness (QED) is 0.408. The Labute approximate surface area is 220 Å². The largest absolute Gasteiger partial charge is 0.355 e. The summed E-state index contributed by atoms with van der Waals surface area (Å²) in [6, 6.07) is 22.0. The van der Waals surface area contributed by atoms with Gasteiger partial charge in [0.05, 0.1) is 10.6 Å². The molecule has 0 aliphatic rings. The fourth-order valence-corrected chi connectivity index (χ4v) is 5.46. The van der Waals surface area contributed by atoms with E-state index in [1.807, 2.05) is 57.2 Å². The van der Waals surface area contributed by atoms with E-state index in [0.29, 0.717) is 12.2 Å². The number of carbonyl (C=O) groups is 2. The number of benzene rings is 3. The van der Waals surface area contributed by atoms with Crippen LogP contribution < -0.4 is 9.62 Å². The first kappa shape index (κ1) is 27.9. The third-order valence-corrected chi connectivity index (χ3v) is 8.15. The van der Waals surface area contributed by atoms with Crippen LogP contribution in [0.2, 0.25) is 0 Å². The Balaban J connectivity index is 2.03. The molecule has 0 aliphatic carbocycles. The second-order valence-corrected chi connectivity index (χ2v) is 10.7. The van der Waals surface area contributed by atoms with Gasteiger partial charge in [-0.2, -0.15) is 0 Å². The van der Waals surface area contributed by atoms with Crippen molar-refractivity contribution < 1.29 is 18.0 Å². The molecule has 1 atom stereocenters. The minimum Gasteiger partial charge on any atom is -0.355 e. The molecular formula is C29H35N3O4S. The van der Waals surface area contributed by atoms with Gasteiger partial charge in [-0.05, 0) is 68.1 Å². The number of anilines is 1. The lowest BCUT2D eigenvalue weighted by Gasteiger charge is -2.32. The molecule has 0 aromatic heterocycles. The maximum atomic E-state index is 13.8. The van der Waals surface area contributed by atoms with Gasteiger partial charge in [0.25, 0.3) is 10.0 Å². The first-order valence-corrected chi connectivity index (χ1v) is 13.9. The van der Waals surface area contributed by atoms with Crippen molar-refractivity contribution in [2.24, 2.45) is 0 Å². The lowest BCUT2D eigenvalue weighted by molar-refractivity contribution is -0.139. The van der Waals surface area contributed by atoms with Gasteiger partial charge in [0.2, 0.25) is 11.8 Å². The molecule has 0 fully saturated rings. The number of rotatable bonds is 11. The third-order valence-electron chi connectivity index (χ3n) is 6.36. The molecule has 0 spiro atoms. The van der Waals surface area contributed by atoms with Crippen molar-refractivity contribution >= 4 is 27.5 Å². The summed E-state index contributed by atoms with van der Waals surface area (Å²) in [6.07, 6.45) is 0.804. The van der Waals surface area contributed by atoms with E-state index in [2.05, 4.69) is 5.32 Å². The van der Waals surface area contributed by atoms with Gasteiger partial charge in [0.15, 0.2) is 0 Å². The monoisotopic (exact) mass is 521 g/mol. The van der Waals surface area contributed by atoms with E-state index in [4.69, 9.17) is 0 Å². The molecular weight excluding hydrogens is 486 g/mol. The SMILES string of the molecule is CCNC(=O)C(C)N(Cc1ccccc1C)C(=O)CN(c1ccc(CC)cc1)S(=O)(=O)c1ccccc1. The van der Waals surface area contributed by atoms with Gasteiger partial charge < -0.3 is 10.2 Å². The molecule has 3 aromatic rings. The second kappa shape index (κ2) is 12.5. The molecule has 0 radical (unpaired) electrons. The minimum absolute atomic E-state index is 0.0876. The van der Waals surface area contributed by atoms with Crippen LogP contribution in [0, 0.1) is 6.92 Å². The normalized spacial score (nSPS) is 12.0. The molecule has 1 unspecified atom stereocenters. The summed E-state index contributed by atoms with van der Waals surface area (Å²) in [5, 5.41) is 2.77. The van der Waals surface area contributed by atoms with Crippen LogP contribution in [0.4, 0.5) is 5.69 Å². The summed E-state index contributed by atoms with van der Waals surface area (Å²) in [5.41, 5.74) is 3.30. The number of sulfonamides is 1. The van der Waals surface area contributed by atoms with Crippen molar-refractivity contribution in [3.05, 3.63) is 95.6 Å². The van der Waals surface area contributed by atoms with Crippen LogP contribution in [0.1, 0.15) is 37.5 Å². The predicted molar refractivity (Wildman–Crippen MR) is 147 cm³/mol. The molecule has 0 aliphatic heterocycles. The van der Waals surface area contributed by atoms with E-state index >= 15 is 0 Å². The van der Waals surface area contributed by atoms with E-state index in [0.717, 1.165) is 27.4 Å². The lowest BCUT2D eigenvalue weighted by Crippen LogP contribution is -2.51. The molecule has 2 amide bonds. The number of hydrogen-bond donors (Lipinski definition) is 1. The van der Waals surface area contributed by atoms with Crippen LogP contribution in [0.3, 0.4) is 0 Å². The Morgan fingerprint density at radius 3 is 2.11 bits per heavy atom. The molecule has 8 heteroatoms. The van der Waals surface area contributed by atoms with Gasteiger partial charge >= 0.3 is 0 Å². The average Bonchev–Trinajstić information content (AvgIpc) is 2.91. The number of aryl methyl sites for hydroxylation is 2. The average molecular weight is 522 g/mol. The predicted octanol–water partition coefficient (Wildman–Crippen LogP) is 4.31. The number of likely N-dealkylation sites (N-methyl/N-ethyl adjacent to an activating group) is 1. The highest BCUT2D eigenvalue weighted by Gasteiger charge is 2.32. The van der Waals surface area contributed by atoms with Crippen LogP contribution in [0.15, 0.2) is 83.8 Å². The maximum absolute atomic E-state index is 13.8. The smallest absolute Gasteiger partial charge is 0.264 e. The van der Waals surface area contributed by atoms with Gasteiger partial charge in [-0.25, -0.2) is 8.42 Å². The van der Waals surface area contributed by atoms with Gasteiger partial charge in [0.1, 0.15) is 12.6 Å². The van der Waals surface area contributed by atoms with Gasteiger partial charge in [-0.15, -0.1) is 0 Å². The fraction of sp³-hybridized carbons (Fsp3) is 0.310. The topological polar surface area (TPSA) is 86.8 Å². The van der Waals surface area contributed by atoms with Gasteiger partial charge in [-0.1, -0.05) is 61.5 Å². The Morgan fingerprint density at radius 1 is 0.892 bits per heavy atom. The number of amides is 2. The Hall–Kier alpha value is -3.65. The Kier molecular flexibility index (Phi) is 9.47. The minimum atomic E-state index is -4.05. The van der Waals surface area contributed by atoms with E-state index < -0.39 is 28.5 Å². The number of nitrogens with zero attached hydrogens (tertiary/aromatic N) is 2. The molecule has 3 rings (SSSR count). The Bertz CT molecular complexity index is 1310. The van der Waals surface area contributed by atoms with E-state index in [1.54, 1.807) is 37.3 Å². The van der Waals surface area contributed by atoms with E-state index in [9.17, 15) is 18.0 Å². The van der Waals surface area contributed by atoms with Gasteiger partial charge in [0, 0.05) is 13.1 Å². The molecule has 3 aromatic carbocycles. The summed E-state index contributed by atoms with van der Waals surface area (Å²) in [4.78, 5) is 28.1. The second-order valence-electron chi connectivity index (χ2n) is 8.86. The highest BCUT2D eigenvalue weighted by molar-refractivity contribution is 7.92. The number of carbonyl (C=O) groups excluding carboxylic acids is 2. The third kappa shape index (κ3) is 6.77. The van der Waals surface area contributed by atoms with Crippen molar-refractivity contribution in [1.29, 1.82) is 0 Å². The molecule has 0 bridgehead atoms.